The second-order valence-electron chi connectivity index (χ2n) is 24.7. The van der Waals surface area contributed by atoms with Crippen molar-refractivity contribution in [1.82, 2.24) is 0 Å². The Kier molecular flexibility index (Phi) is 8.43. The maximum absolute atomic E-state index is 7.70. The summed E-state index contributed by atoms with van der Waals surface area (Å²) < 4.78 is 14.3. The number of anilines is 5. The van der Waals surface area contributed by atoms with Gasteiger partial charge < -0.3 is 13.7 Å². The van der Waals surface area contributed by atoms with E-state index in [-0.39, 0.29) is 33.9 Å². The van der Waals surface area contributed by atoms with Crippen LogP contribution < -0.4 is 26.2 Å². The standard InChI is InChI=1S/C65H63BN2O2/c1-38-31-51-58-52(32-38)68-59-48(64(9)27-16-17-28-65(64,68)10)33-40(42-22-18-24-54-56(42)43-21-14-15-23-53(43)69-54)34-49(59)66(58)57-45-36-46-47(63(7,8)30-29-62(46,5)6)37-55(45)70-60(57)67(51)50-26-25-41(61(2,3)4)35-44(50)39-19-12-11-13-20-39/h11-15,18-26,31-37H,16-17,27-30H2,1-10H3. The first kappa shape index (κ1) is 42.4. The Hall–Kier alpha value is -6.46. The summed E-state index contributed by atoms with van der Waals surface area (Å²) in [5.74, 6) is 0.936. The predicted molar refractivity (Wildman–Crippen MR) is 295 cm³/mol. The molecule has 0 radical (unpaired) electrons. The average Bonchev–Trinajstić information content (AvgIpc) is 3.97. The van der Waals surface area contributed by atoms with Gasteiger partial charge in [0.25, 0.3) is 6.71 Å². The summed E-state index contributed by atoms with van der Waals surface area (Å²) >= 11 is 0. The Labute approximate surface area is 413 Å². The lowest BCUT2D eigenvalue weighted by atomic mass is 9.33. The highest BCUT2D eigenvalue weighted by Gasteiger charge is 2.62. The molecule has 14 rings (SSSR count). The van der Waals surface area contributed by atoms with Gasteiger partial charge in [-0.15, -0.1) is 0 Å². The van der Waals surface area contributed by atoms with Crippen molar-refractivity contribution >= 4 is 84.6 Å². The van der Waals surface area contributed by atoms with Crippen LogP contribution in [-0.2, 0) is 21.7 Å². The van der Waals surface area contributed by atoms with Crippen LogP contribution in [0.5, 0.6) is 0 Å². The fourth-order valence-corrected chi connectivity index (χ4v) is 14.5. The number of rotatable bonds is 3. The second kappa shape index (κ2) is 13.9. The van der Waals surface area contributed by atoms with Gasteiger partial charge in [-0.25, -0.2) is 0 Å². The number of nitrogens with zero attached hydrogens (tertiary/aromatic N) is 2. The number of furan rings is 2. The molecule has 5 heteroatoms. The molecule has 70 heavy (non-hydrogen) atoms. The summed E-state index contributed by atoms with van der Waals surface area (Å²) in [4.78, 5) is 5.42. The first-order valence-corrected chi connectivity index (χ1v) is 26.1. The quantitative estimate of drug-likeness (QED) is 0.165. The van der Waals surface area contributed by atoms with Crippen LogP contribution in [0.25, 0.3) is 55.2 Å². The summed E-state index contributed by atoms with van der Waals surface area (Å²) in [6.45, 7) is 24.2. The maximum Gasteiger partial charge on any atom is 0.257 e. The normalized spacial score (nSPS) is 21.5. The molecule has 1 fully saturated rings. The summed E-state index contributed by atoms with van der Waals surface area (Å²) in [5.41, 5.74) is 23.7. The van der Waals surface area contributed by atoms with Crippen LogP contribution in [0, 0.1) is 6.92 Å². The number of benzene rings is 7. The van der Waals surface area contributed by atoms with Gasteiger partial charge in [0.15, 0.2) is 0 Å². The molecule has 2 aromatic heterocycles. The van der Waals surface area contributed by atoms with E-state index in [1.54, 1.807) is 0 Å². The number of fused-ring (bicyclic) bond motifs is 13. The first-order chi connectivity index (χ1) is 33.5. The van der Waals surface area contributed by atoms with Crippen LogP contribution >= 0.6 is 0 Å². The van der Waals surface area contributed by atoms with Crippen molar-refractivity contribution in [2.75, 3.05) is 9.80 Å². The summed E-state index contributed by atoms with van der Waals surface area (Å²) in [7, 11) is 0. The minimum Gasteiger partial charge on any atom is -0.456 e. The fraction of sp³-hybridized carbons (Fsp3) is 0.323. The van der Waals surface area contributed by atoms with Gasteiger partial charge in [-0.1, -0.05) is 141 Å². The molecule has 3 aliphatic heterocycles. The molecule has 0 spiro atoms. The highest BCUT2D eigenvalue weighted by molar-refractivity contribution is 7.01. The van der Waals surface area contributed by atoms with E-state index in [1.807, 2.05) is 0 Å². The van der Waals surface area contributed by atoms with E-state index >= 15 is 0 Å². The van der Waals surface area contributed by atoms with Crippen molar-refractivity contribution in [2.24, 2.45) is 0 Å². The highest BCUT2D eigenvalue weighted by Crippen LogP contribution is 2.63. The van der Waals surface area contributed by atoms with E-state index in [0.29, 0.717) is 0 Å². The average molecular weight is 915 g/mol. The lowest BCUT2D eigenvalue weighted by Gasteiger charge is -2.52. The van der Waals surface area contributed by atoms with Gasteiger partial charge in [-0.3, -0.25) is 4.90 Å². The Morgan fingerprint density at radius 3 is 2.04 bits per heavy atom. The van der Waals surface area contributed by atoms with Gasteiger partial charge in [0.05, 0.1) is 11.2 Å². The lowest BCUT2D eigenvalue weighted by Crippen LogP contribution is -2.64. The molecule has 5 heterocycles. The Bertz CT molecular complexity index is 3730. The van der Waals surface area contributed by atoms with E-state index in [4.69, 9.17) is 8.83 Å². The van der Waals surface area contributed by atoms with E-state index in [2.05, 4.69) is 206 Å². The molecular formula is C65H63BN2O2. The van der Waals surface area contributed by atoms with Crippen LogP contribution in [0.2, 0.25) is 0 Å². The van der Waals surface area contributed by atoms with Crippen molar-refractivity contribution in [1.29, 1.82) is 0 Å². The molecule has 0 bridgehead atoms. The SMILES string of the molecule is Cc1cc2c3c(c1)N1c4c(cc(-c5cccc6oc7ccccc7c56)cc4C4(C)CCCCC14C)B3c1c(oc3cc4c(cc13)C(C)(C)CCC4(C)C)N2c1ccc(C(C)(C)C)cc1-c1ccccc1. The molecule has 0 N–H and O–H groups in total. The van der Waals surface area contributed by atoms with Gasteiger partial charge in [-0.05, 0) is 166 Å². The molecule has 4 nitrogen and oxygen atoms in total. The van der Waals surface area contributed by atoms with E-state index in [1.165, 1.54) is 113 Å². The Balaban J connectivity index is 1.14. The monoisotopic (exact) mass is 914 g/mol. The number of para-hydroxylation sites is 1. The number of hydrogen-bond acceptors (Lipinski definition) is 4. The molecule has 0 amide bonds. The number of hydrogen-bond donors (Lipinski definition) is 0. The minimum atomic E-state index is -0.135. The molecule has 0 saturated heterocycles. The summed E-state index contributed by atoms with van der Waals surface area (Å²) in [6, 6.07) is 48.7. The molecule has 2 unspecified atom stereocenters. The number of aryl methyl sites for hydroxylation is 1. The third kappa shape index (κ3) is 5.50. The van der Waals surface area contributed by atoms with Crippen molar-refractivity contribution < 1.29 is 8.83 Å². The van der Waals surface area contributed by atoms with E-state index < -0.39 is 0 Å². The van der Waals surface area contributed by atoms with Crippen molar-refractivity contribution in [3.05, 3.63) is 155 Å². The fourth-order valence-electron chi connectivity index (χ4n) is 14.5. The molecule has 2 aliphatic carbocycles. The zero-order valence-electron chi connectivity index (χ0n) is 42.7. The zero-order valence-corrected chi connectivity index (χ0v) is 42.7. The molecule has 1 saturated carbocycles. The van der Waals surface area contributed by atoms with Crippen molar-refractivity contribution in [3.8, 4) is 22.3 Å². The van der Waals surface area contributed by atoms with Crippen LogP contribution in [0.1, 0.15) is 129 Å². The summed E-state index contributed by atoms with van der Waals surface area (Å²) in [6.07, 6.45) is 7.03. The highest BCUT2D eigenvalue weighted by atomic mass is 16.4. The maximum atomic E-state index is 7.70. The molecule has 5 aliphatic rings. The van der Waals surface area contributed by atoms with Gasteiger partial charge >= 0.3 is 0 Å². The molecule has 2 atom stereocenters. The van der Waals surface area contributed by atoms with Crippen LogP contribution in [0.15, 0.2) is 136 Å². The van der Waals surface area contributed by atoms with Crippen LogP contribution in [0.3, 0.4) is 0 Å². The summed E-state index contributed by atoms with van der Waals surface area (Å²) in [5, 5.41) is 3.60. The van der Waals surface area contributed by atoms with Gasteiger partial charge in [-0.2, -0.15) is 0 Å². The molecule has 9 aromatic rings. The van der Waals surface area contributed by atoms with E-state index in [0.717, 1.165) is 54.0 Å². The second-order valence-corrected chi connectivity index (χ2v) is 24.7. The van der Waals surface area contributed by atoms with E-state index in [9.17, 15) is 0 Å². The molecule has 348 valence electrons. The smallest absolute Gasteiger partial charge is 0.257 e. The Morgan fingerprint density at radius 1 is 0.543 bits per heavy atom. The Morgan fingerprint density at radius 2 is 1.26 bits per heavy atom. The van der Waals surface area contributed by atoms with Crippen LogP contribution in [0.4, 0.5) is 28.6 Å². The van der Waals surface area contributed by atoms with Gasteiger partial charge in [0.2, 0.25) is 5.88 Å². The molecular weight excluding hydrogens is 852 g/mol. The molecule has 7 aromatic carbocycles. The van der Waals surface area contributed by atoms with Gasteiger partial charge in [0, 0.05) is 49.7 Å². The van der Waals surface area contributed by atoms with Gasteiger partial charge in [0.1, 0.15) is 16.7 Å². The third-order valence-electron chi connectivity index (χ3n) is 18.7. The minimum absolute atomic E-state index is 0.0243. The largest absolute Gasteiger partial charge is 0.456 e. The van der Waals surface area contributed by atoms with Crippen LogP contribution in [-0.4, -0.2) is 12.3 Å². The third-order valence-corrected chi connectivity index (χ3v) is 18.7. The van der Waals surface area contributed by atoms with Crippen molar-refractivity contribution in [2.45, 2.75) is 135 Å². The zero-order chi connectivity index (χ0) is 48.0. The predicted octanol–water partition coefficient (Wildman–Crippen LogP) is 16.0. The topological polar surface area (TPSA) is 32.8 Å². The first-order valence-electron chi connectivity index (χ1n) is 26.1. The lowest BCUT2D eigenvalue weighted by molar-refractivity contribution is 0.195. The van der Waals surface area contributed by atoms with Crippen molar-refractivity contribution in [3.63, 3.8) is 0 Å².